The summed E-state index contributed by atoms with van der Waals surface area (Å²) in [7, 11) is 0. The molecule has 0 fully saturated rings. The first-order valence-electron chi connectivity index (χ1n) is 2.35. The molecule has 0 aliphatic carbocycles. The normalized spacial score (nSPS) is 14.6. The van der Waals surface area contributed by atoms with Gasteiger partial charge in [0.2, 0.25) is 5.56 Å². The monoisotopic (exact) mass is 202 g/mol. The van der Waals surface area contributed by atoms with Crippen LogP contribution >= 0.6 is 34.8 Å². The minimum atomic E-state index is -0.975. The maximum absolute atomic E-state index is 10.2. The van der Waals surface area contributed by atoms with Gasteiger partial charge in [-0.2, -0.15) is 0 Å². The smallest absolute Gasteiger partial charge is 0.304 e. The molecule has 0 rings (SSSR count). The highest BCUT2D eigenvalue weighted by Crippen LogP contribution is 2.16. The summed E-state index contributed by atoms with van der Waals surface area (Å²) < 4.78 is 4.44. The highest BCUT2D eigenvalue weighted by Gasteiger charge is 2.10. The molecule has 0 heterocycles. The highest BCUT2D eigenvalue weighted by molar-refractivity contribution is 6.41. The summed E-state index contributed by atoms with van der Waals surface area (Å²) in [5, 5.41) is 0.0820. The van der Waals surface area contributed by atoms with Crippen LogP contribution in [0.25, 0.3) is 0 Å². The molecular weight excluding hydrogens is 198 g/mol. The summed E-state index contributed by atoms with van der Waals surface area (Å²) in [4.78, 5) is 10.2. The highest BCUT2D eigenvalue weighted by atomic mass is 35.5. The Morgan fingerprint density at radius 2 is 2.20 bits per heavy atom. The van der Waals surface area contributed by atoms with E-state index < -0.39 is 11.5 Å². The van der Waals surface area contributed by atoms with Gasteiger partial charge in [-0.1, -0.05) is 34.8 Å². The molecule has 0 spiro atoms. The molecule has 0 N–H and O–H groups in total. The van der Waals surface area contributed by atoms with E-state index in [0.717, 1.165) is 5.54 Å². The molecule has 0 aromatic rings. The molecule has 10 heavy (non-hydrogen) atoms. The summed E-state index contributed by atoms with van der Waals surface area (Å²) in [5.74, 6) is -0.503. The minimum Gasteiger partial charge on any atom is -0.441 e. The van der Waals surface area contributed by atoms with Crippen molar-refractivity contribution in [1.29, 1.82) is 0 Å². The van der Waals surface area contributed by atoms with Crippen molar-refractivity contribution in [2.24, 2.45) is 0 Å². The second-order valence-corrected chi connectivity index (χ2v) is 2.47. The van der Waals surface area contributed by atoms with E-state index in [4.69, 9.17) is 34.8 Å². The van der Waals surface area contributed by atoms with Gasteiger partial charge in [0.05, 0.1) is 5.03 Å². The van der Waals surface area contributed by atoms with Gasteiger partial charge in [0.1, 0.15) is 0 Å². The zero-order valence-corrected chi connectivity index (χ0v) is 7.37. The van der Waals surface area contributed by atoms with Crippen LogP contribution in [0.3, 0.4) is 0 Å². The number of hydrogen-bond acceptors (Lipinski definition) is 2. The van der Waals surface area contributed by atoms with Crippen LogP contribution in [0.1, 0.15) is 6.92 Å². The number of ether oxygens (including phenoxy) is 1. The molecule has 0 radical (unpaired) electrons. The van der Waals surface area contributed by atoms with E-state index >= 15 is 0 Å². The summed E-state index contributed by atoms with van der Waals surface area (Å²) in [6, 6.07) is 0. The third kappa shape index (κ3) is 3.99. The number of rotatable bonds is 2. The van der Waals surface area contributed by atoms with Gasteiger partial charge in [0.25, 0.3) is 0 Å². The van der Waals surface area contributed by atoms with Crippen LogP contribution in [0.15, 0.2) is 10.6 Å². The third-order valence-corrected chi connectivity index (χ3v) is 1.68. The summed E-state index contributed by atoms with van der Waals surface area (Å²) in [6.45, 7) is 1.23. The molecule has 0 bridgehead atoms. The maximum atomic E-state index is 10.2. The first kappa shape index (κ1) is 10.1. The SMILES string of the molecule is CC(=O)OC(Cl)C(Cl)=CCl. The molecule has 1 unspecified atom stereocenters. The fourth-order valence-electron chi connectivity index (χ4n) is 0.252. The standard InChI is InChI=1S/C5H5Cl3O2/c1-3(9)10-5(8)4(7)2-6/h2,5H,1H3. The van der Waals surface area contributed by atoms with Crippen LogP contribution in [-0.4, -0.2) is 11.5 Å². The molecule has 58 valence electrons. The molecule has 0 aromatic heterocycles. The van der Waals surface area contributed by atoms with Gasteiger partial charge in [-0.05, 0) is 0 Å². The first-order valence-corrected chi connectivity index (χ1v) is 3.60. The second-order valence-electron chi connectivity index (χ2n) is 1.42. The zero-order chi connectivity index (χ0) is 8.15. The Kier molecular flexibility index (Phi) is 4.87. The van der Waals surface area contributed by atoms with Crippen molar-refractivity contribution in [3.63, 3.8) is 0 Å². The minimum absolute atomic E-state index is 0.0820. The fourth-order valence-corrected chi connectivity index (χ4v) is 0.663. The predicted molar refractivity (Wildman–Crippen MR) is 41.2 cm³/mol. The Morgan fingerprint density at radius 3 is 2.50 bits per heavy atom. The maximum Gasteiger partial charge on any atom is 0.304 e. The Bertz CT molecular complexity index is 155. The van der Waals surface area contributed by atoms with Crippen LogP contribution in [-0.2, 0) is 9.53 Å². The topological polar surface area (TPSA) is 26.3 Å². The van der Waals surface area contributed by atoms with E-state index in [-0.39, 0.29) is 5.03 Å². The Morgan fingerprint density at radius 1 is 1.70 bits per heavy atom. The molecule has 0 aliphatic heterocycles. The number of halogens is 3. The molecule has 0 saturated carbocycles. The number of hydrogen-bond donors (Lipinski definition) is 0. The molecule has 1 atom stereocenters. The lowest BCUT2D eigenvalue weighted by atomic mass is 10.6. The van der Waals surface area contributed by atoms with Gasteiger partial charge in [-0.3, -0.25) is 4.79 Å². The summed E-state index contributed by atoms with van der Waals surface area (Å²) in [5.41, 5.74) is 0.0685. The molecule has 0 saturated heterocycles. The molecule has 0 amide bonds. The molecule has 2 nitrogen and oxygen atoms in total. The number of carbonyl (C=O) groups excluding carboxylic acids is 1. The van der Waals surface area contributed by atoms with Crippen molar-refractivity contribution in [3.05, 3.63) is 10.6 Å². The Hall–Kier alpha value is 0.0800. The lowest BCUT2D eigenvalue weighted by molar-refractivity contribution is -0.141. The Balaban J connectivity index is 3.85. The number of carbonyl (C=O) groups is 1. The lowest BCUT2D eigenvalue weighted by Gasteiger charge is -2.06. The van der Waals surface area contributed by atoms with E-state index in [1.165, 1.54) is 6.92 Å². The van der Waals surface area contributed by atoms with Gasteiger partial charge < -0.3 is 4.74 Å². The average molecular weight is 203 g/mol. The van der Waals surface area contributed by atoms with Gasteiger partial charge >= 0.3 is 5.97 Å². The largest absolute Gasteiger partial charge is 0.441 e. The van der Waals surface area contributed by atoms with Gasteiger partial charge in [0.15, 0.2) is 0 Å². The van der Waals surface area contributed by atoms with Crippen LogP contribution in [0.4, 0.5) is 0 Å². The van der Waals surface area contributed by atoms with E-state index in [2.05, 4.69) is 4.74 Å². The van der Waals surface area contributed by atoms with Crippen molar-refractivity contribution in [3.8, 4) is 0 Å². The third-order valence-electron chi connectivity index (χ3n) is 0.590. The van der Waals surface area contributed by atoms with Crippen molar-refractivity contribution < 1.29 is 9.53 Å². The van der Waals surface area contributed by atoms with Crippen LogP contribution in [0, 0.1) is 0 Å². The predicted octanol–water partition coefficient (Wildman–Crippen LogP) is 2.43. The van der Waals surface area contributed by atoms with Crippen LogP contribution in [0.5, 0.6) is 0 Å². The van der Waals surface area contributed by atoms with E-state index in [1.54, 1.807) is 0 Å². The van der Waals surface area contributed by atoms with Crippen molar-refractivity contribution in [1.82, 2.24) is 0 Å². The van der Waals surface area contributed by atoms with Crippen LogP contribution < -0.4 is 0 Å². The van der Waals surface area contributed by atoms with Crippen LogP contribution in [0.2, 0.25) is 0 Å². The lowest BCUT2D eigenvalue weighted by Crippen LogP contribution is -2.08. The van der Waals surface area contributed by atoms with Crippen molar-refractivity contribution in [2.75, 3.05) is 0 Å². The zero-order valence-electron chi connectivity index (χ0n) is 5.11. The molecule has 5 heteroatoms. The van der Waals surface area contributed by atoms with E-state index in [1.807, 2.05) is 0 Å². The van der Waals surface area contributed by atoms with E-state index in [9.17, 15) is 4.79 Å². The second kappa shape index (κ2) is 4.83. The first-order chi connectivity index (χ1) is 4.57. The fraction of sp³-hybridized carbons (Fsp3) is 0.400. The van der Waals surface area contributed by atoms with Crippen molar-refractivity contribution in [2.45, 2.75) is 12.5 Å². The summed E-state index contributed by atoms with van der Waals surface area (Å²) >= 11 is 15.9. The quantitative estimate of drug-likeness (QED) is 0.509. The van der Waals surface area contributed by atoms with Gasteiger partial charge in [0, 0.05) is 12.5 Å². The molecular formula is C5H5Cl3O2. The Labute approximate surface area is 73.7 Å². The van der Waals surface area contributed by atoms with E-state index in [0.29, 0.717) is 0 Å². The summed E-state index contributed by atoms with van der Waals surface area (Å²) in [6.07, 6.45) is 0. The average Bonchev–Trinajstić information content (AvgIpc) is 1.85. The number of alkyl halides is 1. The molecule has 0 aliphatic rings. The number of esters is 1. The van der Waals surface area contributed by atoms with Gasteiger partial charge in [-0.15, -0.1) is 0 Å². The van der Waals surface area contributed by atoms with Gasteiger partial charge in [-0.25, -0.2) is 0 Å². The molecule has 0 aromatic carbocycles. The van der Waals surface area contributed by atoms with Crippen molar-refractivity contribution >= 4 is 40.8 Å².